The molecule has 1 aromatic carbocycles. The van der Waals surface area contributed by atoms with Crippen molar-refractivity contribution >= 4 is 17.6 Å². The van der Waals surface area contributed by atoms with Crippen LogP contribution in [-0.4, -0.2) is 12.6 Å². The van der Waals surface area contributed by atoms with Crippen LogP contribution in [0.4, 0.5) is 4.79 Å². The van der Waals surface area contributed by atoms with Gasteiger partial charge in [-0.05, 0) is 38.0 Å². The standard InChI is InChI=1S/C13H19ClN2O/c1-4-8-15-12(17)16-13(2,3)10-6-5-7-11(14)9-10/h5-7,9H,4,8H2,1-3H3,(H2,15,16,17). The Morgan fingerprint density at radius 1 is 1.41 bits per heavy atom. The number of urea groups is 1. The molecule has 17 heavy (non-hydrogen) atoms. The maximum Gasteiger partial charge on any atom is 0.315 e. The molecule has 0 aliphatic carbocycles. The lowest BCUT2D eigenvalue weighted by Gasteiger charge is -2.27. The monoisotopic (exact) mass is 254 g/mol. The molecule has 0 saturated carbocycles. The smallest absolute Gasteiger partial charge is 0.315 e. The lowest BCUT2D eigenvalue weighted by atomic mass is 9.94. The van der Waals surface area contributed by atoms with Gasteiger partial charge >= 0.3 is 6.03 Å². The first-order valence-electron chi connectivity index (χ1n) is 5.78. The first-order valence-corrected chi connectivity index (χ1v) is 6.15. The summed E-state index contributed by atoms with van der Waals surface area (Å²) in [6, 6.07) is 7.36. The molecule has 0 radical (unpaired) electrons. The van der Waals surface area contributed by atoms with Crippen LogP contribution in [0.25, 0.3) is 0 Å². The highest BCUT2D eigenvalue weighted by Gasteiger charge is 2.22. The van der Waals surface area contributed by atoms with E-state index in [0.717, 1.165) is 12.0 Å². The molecule has 1 rings (SSSR count). The third-order valence-electron chi connectivity index (χ3n) is 2.51. The number of benzene rings is 1. The number of amides is 2. The van der Waals surface area contributed by atoms with Crippen molar-refractivity contribution in [1.29, 1.82) is 0 Å². The van der Waals surface area contributed by atoms with Gasteiger partial charge in [0.2, 0.25) is 0 Å². The van der Waals surface area contributed by atoms with Crippen molar-refractivity contribution in [3.63, 3.8) is 0 Å². The van der Waals surface area contributed by atoms with E-state index in [1.807, 2.05) is 45.0 Å². The Kier molecular flexibility index (Phi) is 4.82. The van der Waals surface area contributed by atoms with Crippen LogP contribution in [0.1, 0.15) is 32.8 Å². The molecule has 0 aliphatic heterocycles. The van der Waals surface area contributed by atoms with Gasteiger partial charge in [0.05, 0.1) is 5.54 Å². The third kappa shape index (κ3) is 4.27. The zero-order valence-corrected chi connectivity index (χ0v) is 11.3. The van der Waals surface area contributed by atoms with E-state index in [0.29, 0.717) is 11.6 Å². The van der Waals surface area contributed by atoms with E-state index in [9.17, 15) is 4.79 Å². The van der Waals surface area contributed by atoms with Crippen molar-refractivity contribution in [2.24, 2.45) is 0 Å². The SMILES string of the molecule is CCCNC(=O)NC(C)(C)c1cccc(Cl)c1. The molecule has 2 amide bonds. The molecule has 0 saturated heterocycles. The van der Waals surface area contributed by atoms with Crippen molar-refractivity contribution in [2.75, 3.05) is 6.54 Å². The van der Waals surface area contributed by atoms with Crippen LogP contribution in [0.5, 0.6) is 0 Å². The van der Waals surface area contributed by atoms with Crippen LogP contribution in [0, 0.1) is 0 Å². The van der Waals surface area contributed by atoms with Crippen molar-refractivity contribution in [2.45, 2.75) is 32.7 Å². The van der Waals surface area contributed by atoms with Crippen LogP contribution < -0.4 is 10.6 Å². The topological polar surface area (TPSA) is 41.1 Å². The Hall–Kier alpha value is -1.22. The maximum atomic E-state index is 11.6. The molecule has 0 bridgehead atoms. The molecule has 0 heterocycles. The molecule has 0 atom stereocenters. The van der Waals surface area contributed by atoms with E-state index in [-0.39, 0.29) is 6.03 Å². The maximum absolute atomic E-state index is 11.6. The zero-order chi connectivity index (χ0) is 12.9. The molecule has 0 spiro atoms. The summed E-state index contributed by atoms with van der Waals surface area (Å²) in [6.45, 7) is 6.59. The van der Waals surface area contributed by atoms with Gasteiger partial charge in [-0.25, -0.2) is 4.79 Å². The van der Waals surface area contributed by atoms with Crippen molar-refractivity contribution in [1.82, 2.24) is 10.6 Å². The first-order chi connectivity index (χ1) is 7.95. The van der Waals surface area contributed by atoms with Crippen molar-refractivity contribution < 1.29 is 4.79 Å². The van der Waals surface area contributed by atoms with Crippen LogP contribution in [0.3, 0.4) is 0 Å². The second-order valence-corrected chi connectivity index (χ2v) is 4.95. The number of rotatable bonds is 4. The third-order valence-corrected chi connectivity index (χ3v) is 2.74. The van der Waals surface area contributed by atoms with Crippen LogP contribution >= 0.6 is 11.6 Å². The van der Waals surface area contributed by atoms with Gasteiger partial charge in [-0.15, -0.1) is 0 Å². The normalized spacial score (nSPS) is 11.1. The largest absolute Gasteiger partial charge is 0.338 e. The van der Waals surface area contributed by atoms with Gasteiger partial charge in [-0.2, -0.15) is 0 Å². The molecule has 4 heteroatoms. The first kappa shape index (κ1) is 13.8. The summed E-state index contributed by atoms with van der Waals surface area (Å²) in [6.07, 6.45) is 0.922. The summed E-state index contributed by atoms with van der Waals surface area (Å²) in [5.74, 6) is 0. The summed E-state index contributed by atoms with van der Waals surface area (Å²) in [5, 5.41) is 6.39. The van der Waals surface area contributed by atoms with Gasteiger partial charge < -0.3 is 10.6 Å². The van der Waals surface area contributed by atoms with E-state index in [1.165, 1.54) is 0 Å². The Morgan fingerprint density at radius 2 is 2.12 bits per heavy atom. The molecule has 0 fully saturated rings. The highest BCUT2D eigenvalue weighted by Crippen LogP contribution is 2.22. The summed E-state index contributed by atoms with van der Waals surface area (Å²) in [4.78, 5) is 11.6. The fourth-order valence-electron chi connectivity index (χ4n) is 1.52. The molecule has 3 nitrogen and oxygen atoms in total. The number of hydrogen-bond acceptors (Lipinski definition) is 1. The minimum absolute atomic E-state index is 0.156. The Balaban J connectivity index is 2.71. The fourth-order valence-corrected chi connectivity index (χ4v) is 1.71. The van der Waals surface area contributed by atoms with Gasteiger partial charge in [0.1, 0.15) is 0 Å². The molecule has 1 aromatic rings. The number of nitrogens with one attached hydrogen (secondary N) is 2. The fraction of sp³-hybridized carbons (Fsp3) is 0.462. The van der Waals surface area contributed by atoms with Gasteiger partial charge in [-0.3, -0.25) is 0 Å². The zero-order valence-electron chi connectivity index (χ0n) is 10.5. The van der Waals surface area contributed by atoms with Gasteiger partial charge in [-0.1, -0.05) is 30.7 Å². The Bertz CT molecular complexity index is 391. The lowest BCUT2D eigenvalue weighted by Crippen LogP contribution is -2.46. The van der Waals surface area contributed by atoms with E-state index in [1.54, 1.807) is 0 Å². The quantitative estimate of drug-likeness (QED) is 0.851. The summed E-state index contributed by atoms with van der Waals surface area (Å²) in [5.41, 5.74) is 0.541. The minimum Gasteiger partial charge on any atom is -0.338 e. The second kappa shape index (κ2) is 5.92. The number of carbonyl (C=O) groups excluding carboxylic acids is 1. The van der Waals surface area contributed by atoms with E-state index >= 15 is 0 Å². The number of halogens is 1. The summed E-state index contributed by atoms with van der Waals surface area (Å²) in [7, 11) is 0. The average molecular weight is 255 g/mol. The van der Waals surface area contributed by atoms with E-state index in [4.69, 9.17) is 11.6 Å². The average Bonchev–Trinajstić information content (AvgIpc) is 2.26. The number of carbonyl (C=O) groups is 1. The molecular weight excluding hydrogens is 236 g/mol. The van der Waals surface area contributed by atoms with Crippen LogP contribution in [0.2, 0.25) is 5.02 Å². The predicted octanol–water partition coefficient (Wildman–Crippen LogP) is 3.28. The van der Waals surface area contributed by atoms with Crippen LogP contribution in [-0.2, 0) is 5.54 Å². The molecule has 0 unspecified atom stereocenters. The minimum atomic E-state index is -0.442. The highest BCUT2D eigenvalue weighted by molar-refractivity contribution is 6.30. The summed E-state index contributed by atoms with van der Waals surface area (Å²) < 4.78 is 0. The molecule has 2 N–H and O–H groups in total. The van der Waals surface area contributed by atoms with Gasteiger partial charge in [0.25, 0.3) is 0 Å². The second-order valence-electron chi connectivity index (χ2n) is 4.52. The van der Waals surface area contributed by atoms with Crippen molar-refractivity contribution in [3.8, 4) is 0 Å². The Labute approximate surface area is 108 Å². The number of hydrogen-bond donors (Lipinski definition) is 2. The van der Waals surface area contributed by atoms with Crippen molar-refractivity contribution in [3.05, 3.63) is 34.9 Å². The van der Waals surface area contributed by atoms with E-state index in [2.05, 4.69) is 10.6 Å². The van der Waals surface area contributed by atoms with E-state index < -0.39 is 5.54 Å². The molecular formula is C13H19ClN2O. The van der Waals surface area contributed by atoms with Crippen LogP contribution in [0.15, 0.2) is 24.3 Å². The predicted molar refractivity (Wildman–Crippen MR) is 71.3 cm³/mol. The molecule has 94 valence electrons. The lowest BCUT2D eigenvalue weighted by molar-refractivity contribution is 0.230. The molecule has 0 aliphatic rings. The summed E-state index contributed by atoms with van der Waals surface area (Å²) >= 11 is 5.94. The van der Waals surface area contributed by atoms with Gasteiger partial charge in [0, 0.05) is 11.6 Å². The van der Waals surface area contributed by atoms with Gasteiger partial charge in [0.15, 0.2) is 0 Å². The highest BCUT2D eigenvalue weighted by atomic mass is 35.5. The Morgan fingerprint density at radius 3 is 2.71 bits per heavy atom. The molecule has 0 aromatic heterocycles.